The number of methoxy groups -OCH3 is 1. The number of hydrogen-bond donors (Lipinski definition) is 1. The molecule has 1 heterocycles. The summed E-state index contributed by atoms with van der Waals surface area (Å²) in [5.41, 5.74) is 3.51. The lowest BCUT2D eigenvalue weighted by Gasteiger charge is -2.02. The molecule has 140 valence electrons. The molecule has 4 rings (SSSR count). The van der Waals surface area contributed by atoms with E-state index in [2.05, 4.69) is 41.8 Å². The highest BCUT2D eigenvalue weighted by atomic mass is 79.9. The van der Waals surface area contributed by atoms with E-state index in [1.54, 1.807) is 25.5 Å². The van der Waals surface area contributed by atoms with Crippen LogP contribution in [0.3, 0.4) is 0 Å². The minimum absolute atomic E-state index is 0.134. The lowest BCUT2D eigenvalue weighted by Crippen LogP contribution is -1.84. The molecule has 1 N–H and O–H groups in total. The maximum absolute atomic E-state index is 10.1. The van der Waals surface area contributed by atoms with Crippen LogP contribution < -0.4 is 4.74 Å². The molecule has 0 amide bonds. The molecule has 3 aromatic carbocycles. The smallest absolute Gasteiger partial charge is 0.227 e. The van der Waals surface area contributed by atoms with Gasteiger partial charge in [0.05, 0.1) is 17.3 Å². The summed E-state index contributed by atoms with van der Waals surface area (Å²) >= 11 is 6.72. The molecule has 7 heteroatoms. The second-order valence-corrected chi connectivity index (χ2v) is 7.76. The van der Waals surface area contributed by atoms with Crippen molar-refractivity contribution in [3.8, 4) is 23.0 Å². The van der Waals surface area contributed by atoms with Crippen molar-refractivity contribution >= 4 is 54.9 Å². The molecule has 5 nitrogen and oxygen atoms in total. The van der Waals surface area contributed by atoms with E-state index in [0.29, 0.717) is 32.7 Å². The summed E-state index contributed by atoms with van der Waals surface area (Å²) in [7, 11) is 1.62. The van der Waals surface area contributed by atoms with Gasteiger partial charge in [0.15, 0.2) is 5.58 Å². The average Bonchev–Trinajstić information content (AvgIpc) is 3.13. The van der Waals surface area contributed by atoms with E-state index in [4.69, 9.17) is 9.15 Å². The standard InChI is InChI=1S/C21H14Br2N2O3/c1-27-16-4-2-3-12(8-16)21-25-18-10-15(5-6-19(18)28-21)24-11-13-7-14(22)9-17(23)20(13)26/h2-11,26H,1H3. The Labute approximate surface area is 178 Å². The van der Waals surface area contributed by atoms with Crippen LogP contribution in [0.5, 0.6) is 11.5 Å². The number of aliphatic imine (C=N–C) groups is 1. The number of aromatic nitrogens is 1. The zero-order valence-corrected chi connectivity index (χ0v) is 17.9. The first-order valence-corrected chi connectivity index (χ1v) is 9.89. The van der Waals surface area contributed by atoms with Gasteiger partial charge < -0.3 is 14.3 Å². The third-order valence-corrected chi connectivity index (χ3v) is 5.16. The Bertz CT molecular complexity index is 1200. The molecule has 0 saturated heterocycles. The van der Waals surface area contributed by atoms with Crippen LogP contribution in [0.15, 0.2) is 73.0 Å². The van der Waals surface area contributed by atoms with E-state index in [1.165, 1.54) is 0 Å². The number of oxazole rings is 1. The van der Waals surface area contributed by atoms with Gasteiger partial charge in [0.1, 0.15) is 17.0 Å². The van der Waals surface area contributed by atoms with Crippen molar-refractivity contribution in [1.29, 1.82) is 0 Å². The molecule has 0 aliphatic carbocycles. The van der Waals surface area contributed by atoms with E-state index in [0.717, 1.165) is 15.8 Å². The van der Waals surface area contributed by atoms with Gasteiger partial charge in [-0.15, -0.1) is 0 Å². The highest BCUT2D eigenvalue weighted by Crippen LogP contribution is 2.32. The Balaban J connectivity index is 1.67. The first-order chi connectivity index (χ1) is 13.5. The van der Waals surface area contributed by atoms with Crippen LogP contribution in [0.4, 0.5) is 5.69 Å². The summed E-state index contributed by atoms with van der Waals surface area (Å²) < 4.78 is 12.5. The largest absolute Gasteiger partial charge is 0.506 e. The van der Waals surface area contributed by atoms with Crippen molar-refractivity contribution in [1.82, 2.24) is 4.98 Å². The number of rotatable bonds is 4. The first kappa shape index (κ1) is 18.7. The predicted octanol–water partition coefficient (Wildman–Crippen LogP) is 6.48. The number of phenolic OH excluding ortho intramolecular Hbond substituents is 1. The predicted molar refractivity (Wildman–Crippen MR) is 117 cm³/mol. The average molecular weight is 502 g/mol. The highest BCUT2D eigenvalue weighted by molar-refractivity contribution is 9.11. The molecule has 0 aliphatic heterocycles. The van der Waals surface area contributed by atoms with Crippen LogP contribution in [-0.2, 0) is 0 Å². The molecule has 4 aromatic rings. The topological polar surface area (TPSA) is 67.9 Å². The van der Waals surface area contributed by atoms with Crippen LogP contribution in [0.25, 0.3) is 22.6 Å². The van der Waals surface area contributed by atoms with Gasteiger partial charge in [-0.05, 0) is 64.5 Å². The van der Waals surface area contributed by atoms with Crippen molar-refractivity contribution in [3.63, 3.8) is 0 Å². The molecule has 1 aromatic heterocycles. The van der Waals surface area contributed by atoms with Gasteiger partial charge in [-0.3, -0.25) is 4.99 Å². The number of halogens is 2. The number of aromatic hydroxyl groups is 1. The SMILES string of the molecule is COc1cccc(-c2nc3cc(N=Cc4cc(Br)cc(Br)c4O)ccc3o2)c1. The second-order valence-electron chi connectivity index (χ2n) is 5.99. The molecule has 0 spiro atoms. The molecule has 0 aliphatic rings. The number of fused-ring (bicyclic) bond motifs is 1. The first-order valence-electron chi connectivity index (χ1n) is 8.30. The summed E-state index contributed by atoms with van der Waals surface area (Å²) in [4.78, 5) is 9.01. The third kappa shape index (κ3) is 3.81. The van der Waals surface area contributed by atoms with Gasteiger partial charge in [0.25, 0.3) is 0 Å². The molecule has 0 radical (unpaired) electrons. The van der Waals surface area contributed by atoms with Crippen molar-refractivity contribution < 1.29 is 14.3 Å². The summed E-state index contributed by atoms with van der Waals surface area (Å²) in [6.07, 6.45) is 1.61. The molecule has 0 fully saturated rings. The summed E-state index contributed by atoms with van der Waals surface area (Å²) in [6, 6.07) is 16.6. The fourth-order valence-electron chi connectivity index (χ4n) is 2.70. The normalized spacial score (nSPS) is 11.4. The van der Waals surface area contributed by atoms with Gasteiger partial charge in [-0.2, -0.15) is 0 Å². The molecule has 0 atom stereocenters. The van der Waals surface area contributed by atoms with E-state index in [1.807, 2.05) is 42.5 Å². The van der Waals surface area contributed by atoms with E-state index in [9.17, 15) is 5.11 Å². The zero-order chi connectivity index (χ0) is 19.7. The lowest BCUT2D eigenvalue weighted by molar-refractivity contribution is 0.415. The van der Waals surface area contributed by atoms with Crippen molar-refractivity contribution in [2.75, 3.05) is 7.11 Å². The number of benzene rings is 3. The number of ether oxygens (including phenoxy) is 1. The fourth-order valence-corrected chi connectivity index (χ4v) is 3.96. The molecular weight excluding hydrogens is 488 g/mol. The lowest BCUT2D eigenvalue weighted by atomic mass is 10.2. The number of nitrogens with zero attached hydrogens (tertiary/aromatic N) is 2. The van der Waals surface area contributed by atoms with Crippen LogP contribution in [0.2, 0.25) is 0 Å². The highest BCUT2D eigenvalue weighted by Gasteiger charge is 2.10. The monoisotopic (exact) mass is 500 g/mol. The van der Waals surface area contributed by atoms with Crippen molar-refractivity contribution in [3.05, 3.63) is 69.1 Å². The molecule has 0 saturated carbocycles. The Morgan fingerprint density at radius 2 is 1.96 bits per heavy atom. The Kier molecular flexibility index (Phi) is 5.19. The minimum atomic E-state index is 0.134. The molecule has 0 bridgehead atoms. The van der Waals surface area contributed by atoms with E-state index >= 15 is 0 Å². The van der Waals surface area contributed by atoms with Gasteiger partial charge >= 0.3 is 0 Å². The molecule has 0 unspecified atom stereocenters. The zero-order valence-electron chi connectivity index (χ0n) is 14.7. The Morgan fingerprint density at radius 3 is 2.79 bits per heavy atom. The Morgan fingerprint density at radius 1 is 1.11 bits per heavy atom. The number of phenols is 1. The van der Waals surface area contributed by atoms with E-state index in [-0.39, 0.29) is 5.75 Å². The van der Waals surface area contributed by atoms with Crippen molar-refractivity contribution in [2.24, 2.45) is 4.99 Å². The molecular formula is C21H14Br2N2O3. The van der Waals surface area contributed by atoms with Crippen LogP contribution >= 0.6 is 31.9 Å². The quantitative estimate of drug-likeness (QED) is 0.325. The van der Waals surface area contributed by atoms with Crippen LogP contribution in [0.1, 0.15) is 5.56 Å². The van der Waals surface area contributed by atoms with E-state index < -0.39 is 0 Å². The fraction of sp³-hybridized carbons (Fsp3) is 0.0476. The summed E-state index contributed by atoms with van der Waals surface area (Å²) in [6.45, 7) is 0. The maximum atomic E-state index is 10.1. The van der Waals surface area contributed by atoms with Crippen molar-refractivity contribution in [2.45, 2.75) is 0 Å². The molecule has 28 heavy (non-hydrogen) atoms. The maximum Gasteiger partial charge on any atom is 0.227 e. The van der Waals surface area contributed by atoms with Gasteiger partial charge in [-0.25, -0.2) is 4.98 Å². The summed E-state index contributed by atoms with van der Waals surface area (Å²) in [5.74, 6) is 1.39. The second kappa shape index (κ2) is 7.77. The Hall–Kier alpha value is -2.64. The van der Waals surface area contributed by atoms with Crippen LogP contribution in [0, 0.1) is 0 Å². The number of hydrogen-bond acceptors (Lipinski definition) is 5. The minimum Gasteiger partial charge on any atom is -0.506 e. The van der Waals surface area contributed by atoms with Gasteiger partial charge in [-0.1, -0.05) is 22.0 Å². The van der Waals surface area contributed by atoms with Crippen LogP contribution in [-0.4, -0.2) is 23.4 Å². The third-order valence-electron chi connectivity index (χ3n) is 4.10. The van der Waals surface area contributed by atoms with Gasteiger partial charge in [0, 0.05) is 21.8 Å². The summed E-state index contributed by atoms with van der Waals surface area (Å²) in [5, 5.41) is 10.1. The van der Waals surface area contributed by atoms with Gasteiger partial charge in [0.2, 0.25) is 5.89 Å².